The summed E-state index contributed by atoms with van der Waals surface area (Å²) in [4.78, 5) is 41.6. The van der Waals surface area contributed by atoms with Gasteiger partial charge < -0.3 is 25.2 Å². The Morgan fingerprint density at radius 3 is 2.87 bits per heavy atom. The van der Waals surface area contributed by atoms with Crippen molar-refractivity contribution in [2.24, 2.45) is 9.98 Å². The fourth-order valence-corrected chi connectivity index (χ4v) is 3.79. The SMILES string of the molecule is C=N/C(NCCC)=C(C#CCCCNC(=O)C1CCCN1C(=O)/C=C/CN(C)C)\C=N/c1ccnc(OC)c1. The monoisotopic (exact) mass is 535 g/mol. The summed E-state index contributed by atoms with van der Waals surface area (Å²) in [5.41, 5.74) is 1.29. The van der Waals surface area contributed by atoms with Crippen molar-refractivity contribution in [2.75, 3.05) is 47.4 Å². The Morgan fingerprint density at radius 2 is 2.15 bits per heavy atom. The van der Waals surface area contributed by atoms with Crippen LogP contribution in [0.25, 0.3) is 0 Å². The number of aromatic nitrogens is 1. The molecule has 210 valence electrons. The van der Waals surface area contributed by atoms with Crippen molar-refractivity contribution in [1.29, 1.82) is 0 Å². The number of nitrogens with zero attached hydrogens (tertiary/aromatic N) is 5. The molecular weight excluding hydrogens is 494 g/mol. The number of carbonyl (C=O) groups excluding carboxylic acids is 2. The molecule has 1 aromatic rings. The fourth-order valence-electron chi connectivity index (χ4n) is 3.79. The van der Waals surface area contributed by atoms with Crippen LogP contribution in [0.2, 0.25) is 0 Å². The first-order valence-corrected chi connectivity index (χ1v) is 13.3. The van der Waals surface area contributed by atoms with Crippen LogP contribution in [-0.2, 0) is 9.59 Å². The Kier molecular flexibility index (Phi) is 14.0. The van der Waals surface area contributed by atoms with Crippen LogP contribution in [-0.4, -0.2) is 93.0 Å². The van der Waals surface area contributed by atoms with Gasteiger partial charge in [-0.15, -0.1) is 0 Å². The molecule has 2 N–H and O–H groups in total. The van der Waals surface area contributed by atoms with E-state index in [-0.39, 0.29) is 11.8 Å². The highest BCUT2D eigenvalue weighted by atomic mass is 16.5. The van der Waals surface area contributed by atoms with Gasteiger partial charge in [0.2, 0.25) is 17.7 Å². The maximum Gasteiger partial charge on any atom is 0.246 e. The van der Waals surface area contributed by atoms with E-state index in [1.165, 1.54) is 0 Å². The average molecular weight is 536 g/mol. The minimum absolute atomic E-state index is 0.114. The normalized spacial score (nSPS) is 15.7. The van der Waals surface area contributed by atoms with Gasteiger partial charge in [0.05, 0.1) is 18.4 Å². The summed E-state index contributed by atoms with van der Waals surface area (Å²) in [7, 11) is 5.43. The smallest absolute Gasteiger partial charge is 0.246 e. The lowest BCUT2D eigenvalue weighted by Gasteiger charge is -2.22. The molecule has 1 fully saturated rings. The first-order chi connectivity index (χ1) is 18.9. The zero-order valence-electron chi connectivity index (χ0n) is 23.6. The van der Waals surface area contributed by atoms with E-state index in [9.17, 15) is 9.59 Å². The van der Waals surface area contributed by atoms with Crippen LogP contribution in [0, 0.1) is 11.8 Å². The highest BCUT2D eigenvalue weighted by molar-refractivity contribution is 5.93. The number of rotatable bonds is 14. The molecule has 1 unspecified atom stereocenters. The number of likely N-dealkylation sites (N-methyl/N-ethyl adjacent to an activating group) is 1. The van der Waals surface area contributed by atoms with E-state index in [0.717, 1.165) is 19.4 Å². The van der Waals surface area contributed by atoms with Crippen LogP contribution in [0.3, 0.4) is 0 Å². The summed E-state index contributed by atoms with van der Waals surface area (Å²) in [5, 5.41) is 6.19. The molecule has 1 aromatic heterocycles. The zero-order chi connectivity index (χ0) is 28.5. The molecule has 1 saturated heterocycles. The van der Waals surface area contributed by atoms with Crippen LogP contribution in [0.15, 0.2) is 51.9 Å². The summed E-state index contributed by atoms with van der Waals surface area (Å²) in [5.74, 6) is 7.08. The minimum atomic E-state index is -0.420. The number of amides is 2. The van der Waals surface area contributed by atoms with Crippen LogP contribution < -0.4 is 15.4 Å². The van der Waals surface area contributed by atoms with Crippen LogP contribution in [0.4, 0.5) is 5.69 Å². The van der Waals surface area contributed by atoms with Gasteiger partial charge in [0, 0.05) is 57.2 Å². The predicted molar refractivity (Wildman–Crippen MR) is 156 cm³/mol. The molecule has 39 heavy (non-hydrogen) atoms. The molecule has 0 saturated carbocycles. The molecule has 2 amide bonds. The van der Waals surface area contributed by atoms with Gasteiger partial charge in [-0.25, -0.2) is 9.98 Å². The summed E-state index contributed by atoms with van der Waals surface area (Å²) in [6.45, 7) is 8.21. The van der Waals surface area contributed by atoms with Crippen molar-refractivity contribution in [3.05, 3.63) is 41.9 Å². The Morgan fingerprint density at radius 1 is 1.33 bits per heavy atom. The third-order valence-electron chi connectivity index (χ3n) is 5.80. The molecule has 0 bridgehead atoms. The topological polar surface area (TPSA) is 112 Å². The standard InChI is InChI=1S/C29H41N7O3/c1-6-16-32-28(30-2)23(22-34-24-15-18-31-26(21-24)39-5)12-8-7-9-17-33-29(38)25-13-10-20-36(25)27(37)14-11-19-35(3)4/h11,14-15,18,21-22,25,32H,2,6-7,9-10,13,16-17,19-20H2,1,3-5H3,(H,33,38)/b14-11+,28-23+,34-22-. The number of carbonyl (C=O) groups is 2. The number of unbranched alkanes of at least 4 members (excludes halogenated alkanes) is 1. The van der Waals surface area contributed by atoms with Crippen molar-refractivity contribution in [3.63, 3.8) is 0 Å². The number of allylic oxidation sites excluding steroid dienone is 1. The number of pyridine rings is 1. The van der Waals surface area contributed by atoms with Gasteiger partial charge in [-0.05, 0) is 52.6 Å². The maximum atomic E-state index is 12.7. The second kappa shape index (κ2) is 17.5. The molecule has 0 radical (unpaired) electrons. The molecule has 1 aliphatic rings. The van der Waals surface area contributed by atoms with E-state index >= 15 is 0 Å². The number of nitrogens with one attached hydrogen (secondary N) is 2. The highest BCUT2D eigenvalue weighted by Gasteiger charge is 2.32. The quantitative estimate of drug-likeness (QED) is 0.164. The lowest BCUT2D eigenvalue weighted by Crippen LogP contribution is -2.45. The second-order valence-corrected chi connectivity index (χ2v) is 9.21. The molecule has 2 rings (SSSR count). The fraction of sp³-hybridized carbons (Fsp3) is 0.483. The molecule has 0 spiro atoms. The molecule has 1 atom stereocenters. The molecule has 10 nitrogen and oxygen atoms in total. The molecule has 1 aliphatic heterocycles. The number of likely N-dealkylation sites (tertiary alicyclic amines) is 1. The van der Waals surface area contributed by atoms with Gasteiger partial charge in [0.1, 0.15) is 11.9 Å². The Balaban J connectivity index is 1.94. The first-order valence-electron chi connectivity index (χ1n) is 13.3. The van der Waals surface area contributed by atoms with Gasteiger partial charge in [0.15, 0.2) is 0 Å². The Hall–Kier alpha value is -3.97. The van der Waals surface area contributed by atoms with Crippen molar-refractivity contribution in [1.82, 2.24) is 25.4 Å². The predicted octanol–water partition coefficient (Wildman–Crippen LogP) is 2.71. The number of aliphatic imine (C=N–C) groups is 2. The van der Waals surface area contributed by atoms with E-state index < -0.39 is 6.04 Å². The molecular formula is C29H41N7O3. The number of hydrogen-bond acceptors (Lipinski definition) is 8. The number of ether oxygens (including phenoxy) is 1. The van der Waals surface area contributed by atoms with Crippen LogP contribution in [0.1, 0.15) is 39.0 Å². The van der Waals surface area contributed by atoms with Crippen LogP contribution in [0.5, 0.6) is 5.88 Å². The van der Waals surface area contributed by atoms with Crippen molar-refractivity contribution in [2.45, 2.75) is 45.1 Å². The van der Waals surface area contributed by atoms with Crippen molar-refractivity contribution < 1.29 is 14.3 Å². The zero-order valence-corrected chi connectivity index (χ0v) is 23.6. The maximum absolute atomic E-state index is 12.7. The van der Waals surface area contributed by atoms with E-state index in [4.69, 9.17) is 4.74 Å². The Bertz CT molecular complexity index is 1120. The van der Waals surface area contributed by atoms with Crippen LogP contribution >= 0.6 is 0 Å². The first kappa shape index (κ1) is 31.2. The summed E-state index contributed by atoms with van der Waals surface area (Å²) in [6.07, 6.45) is 10.3. The van der Waals surface area contributed by atoms with Gasteiger partial charge in [0.25, 0.3) is 0 Å². The minimum Gasteiger partial charge on any atom is -0.481 e. The lowest BCUT2D eigenvalue weighted by atomic mass is 10.2. The van der Waals surface area contributed by atoms with E-state index in [0.29, 0.717) is 61.9 Å². The summed E-state index contributed by atoms with van der Waals surface area (Å²) >= 11 is 0. The number of methoxy groups -OCH3 is 1. The van der Waals surface area contributed by atoms with E-state index in [1.807, 2.05) is 25.1 Å². The van der Waals surface area contributed by atoms with Gasteiger partial charge in [-0.3, -0.25) is 14.6 Å². The van der Waals surface area contributed by atoms with E-state index in [2.05, 4.69) is 51.1 Å². The van der Waals surface area contributed by atoms with E-state index in [1.54, 1.807) is 42.6 Å². The number of hydrogen-bond donors (Lipinski definition) is 2. The second-order valence-electron chi connectivity index (χ2n) is 9.21. The average Bonchev–Trinajstić information content (AvgIpc) is 3.43. The van der Waals surface area contributed by atoms with Gasteiger partial charge >= 0.3 is 0 Å². The third kappa shape index (κ3) is 11.1. The van der Waals surface area contributed by atoms with Gasteiger partial charge in [-0.2, -0.15) is 0 Å². The molecule has 10 heteroatoms. The molecule has 2 heterocycles. The molecule has 0 aromatic carbocycles. The van der Waals surface area contributed by atoms with Gasteiger partial charge in [-0.1, -0.05) is 24.8 Å². The lowest BCUT2D eigenvalue weighted by molar-refractivity contribution is -0.135. The summed E-state index contributed by atoms with van der Waals surface area (Å²) in [6, 6.07) is 3.08. The highest BCUT2D eigenvalue weighted by Crippen LogP contribution is 2.18. The largest absolute Gasteiger partial charge is 0.481 e. The summed E-state index contributed by atoms with van der Waals surface area (Å²) < 4.78 is 5.16. The third-order valence-corrected chi connectivity index (χ3v) is 5.80. The van der Waals surface area contributed by atoms with Crippen molar-refractivity contribution in [3.8, 4) is 17.7 Å². The Labute approximate surface area is 232 Å². The molecule has 0 aliphatic carbocycles. The van der Waals surface area contributed by atoms with Crippen molar-refractivity contribution >= 4 is 30.4 Å².